The molecule has 21 heavy (non-hydrogen) atoms. The van der Waals surface area contributed by atoms with Gasteiger partial charge < -0.3 is 15.0 Å². The van der Waals surface area contributed by atoms with Gasteiger partial charge in [-0.2, -0.15) is 4.98 Å². The van der Waals surface area contributed by atoms with E-state index in [2.05, 4.69) is 15.3 Å². The summed E-state index contributed by atoms with van der Waals surface area (Å²) >= 11 is 5.00. The molecule has 0 aromatic carbocycles. The number of carbonyl (C=O) groups is 1. The molecule has 2 N–H and O–H groups in total. The smallest absolute Gasteiger partial charge is 0.272 e. The lowest BCUT2D eigenvalue weighted by atomic mass is 10.2. The van der Waals surface area contributed by atoms with Crippen molar-refractivity contribution in [2.75, 3.05) is 11.9 Å². The van der Waals surface area contributed by atoms with Crippen LogP contribution in [0.25, 0.3) is 0 Å². The predicted octanol–water partition coefficient (Wildman–Crippen LogP) is 3.04. The zero-order valence-electron chi connectivity index (χ0n) is 10.7. The Morgan fingerprint density at radius 2 is 2.19 bits per heavy atom. The third-order valence-electron chi connectivity index (χ3n) is 2.39. The highest BCUT2D eigenvalue weighted by molar-refractivity contribution is 7.71. The van der Waals surface area contributed by atoms with Crippen LogP contribution >= 0.6 is 12.2 Å². The number of ether oxygens (including phenoxy) is 1. The van der Waals surface area contributed by atoms with Gasteiger partial charge in [0.15, 0.2) is 6.61 Å². The number of rotatable bonds is 5. The zero-order chi connectivity index (χ0) is 15.2. The van der Waals surface area contributed by atoms with Crippen LogP contribution in [0, 0.1) is 4.64 Å². The Labute approximate surface area is 124 Å². The number of nitrogens with zero attached hydrogens (tertiary/aromatic N) is 1. The van der Waals surface area contributed by atoms with E-state index in [4.69, 9.17) is 17.0 Å². The Morgan fingerprint density at radius 3 is 2.90 bits per heavy atom. The average molecular weight is 311 g/mol. The molecule has 0 unspecified atom stereocenters. The van der Waals surface area contributed by atoms with Gasteiger partial charge >= 0.3 is 0 Å². The second kappa shape index (κ2) is 6.89. The number of hydrogen-bond donors (Lipinski definition) is 2. The molecule has 0 atom stereocenters. The van der Waals surface area contributed by atoms with E-state index >= 15 is 0 Å². The van der Waals surface area contributed by atoms with Crippen LogP contribution in [0.2, 0.25) is 0 Å². The highest BCUT2D eigenvalue weighted by Gasteiger charge is 2.10. The average Bonchev–Trinajstić information content (AvgIpc) is 2.46. The number of alkyl halides is 2. The van der Waals surface area contributed by atoms with Gasteiger partial charge in [-0.15, -0.1) is 0 Å². The monoisotopic (exact) mass is 311 g/mol. The van der Waals surface area contributed by atoms with E-state index < -0.39 is 18.9 Å². The zero-order valence-corrected chi connectivity index (χ0v) is 11.5. The van der Waals surface area contributed by atoms with Gasteiger partial charge in [-0.3, -0.25) is 4.79 Å². The van der Waals surface area contributed by atoms with E-state index in [9.17, 15) is 13.6 Å². The van der Waals surface area contributed by atoms with E-state index in [0.717, 1.165) is 0 Å². The summed E-state index contributed by atoms with van der Waals surface area (Å²) in [6.45, 7) is -0.756. The van der Waals surface area contributed by atoms with Gasteiger partial charge in [0.1, 0.15) is 10.5 Å². The molecule has 0 saturated carbocycles. The number of aromatic amines is 1. The minimum Gasteiger partial charge on any atom is -0.472 e. The Bertz CT molecular complexity index is 691. The van der Waals surface area contributed by atoms with Gasteiger partial charge in [0, 0.05) is 12.3 Å². The molecular weight excluding hydrogens is 300 g/mol. The van der Waals surface area contributed by atoms with Crippen LogP contribution in [0.3, 0.4) is 0 Å². The summed E-state index contributed by atoms with van der Waals surface area (Å²) in [6.07, 6.45) is -0.983. The van der Waals surface area contributed by atoms with Crippen molar-refractivity contribution in [2.24, 2.45) is 0 Å². The molecule has 2 rings (SSSR count). The van der Waals surface area contributed by atoms with Gasteiger partial charge in [0.05, 0.1) is 5.56 Å². The van der Waals surface area contributed by atoms with Crippen LogP contribution in [0.15, 0.2) is 36.5 Å². The summed E-state index contributed by atoms with van der Waals surface area (Å²) in [5, 5.41) is 2.52. The van der Waals surface area contributed by atoms with Crippen molar-refractivity contribution in [3.8, 4) is 5.88 Å². The number of aromatic nitrogens is 2. The largest absolute Gasteiger partial charge is 0.472 e. The van der Waals surface area contributed by atoms with Crippen molar-refractivity contribution in [2.45, 2.75) is 6.43 Å². The van der Waals surface area contributed by atoms with Crippen LogP contribution in [-0.2, 0) is 0 Å². The van der Waals surface area contributed by atoms with Crippen LogP contribution < -0.4 is 10.1 Å². The molecule has 5 nitrogen and oxygen atoms in total. The van der Waals surface area contributed by atoms with Crippen molar-refractivity contribution in [3.05, 3.63) is 46.7 Å². The molecule has 0 bridgehead atoms. The molecular formula is C13H11F2N3O2S. The summed E-state index contributed by atoms with van der Waals surface area (Å²) in [4.78, 5) is 18.7. The highest BCUT2D eigenvalue weighted by Crippen LogP contribution is 2.13. The van der Waals surface area contributed by atoms with Gasteiger partial charge in [0.2, 0.25) is 5.88 Å². The molecule has 0 fully saturated rings. The predicted molar refractivity (Wildman–Crippen MR) is 75.3 cm³/mol. The fourth-order valence-corrected chi connectivity index (χ4v) is 1.73. The standard InChI is InChI=1S/C13H11F2N3O2S/c14-9(15)7-20-11-5-1-4-10(17-11)18-12(19)8-3-2-6-16-13(8)21/h1-6,9H,7H2,(H,16,21)(H,17,18,19). The van der Waals surface area contributed by atoms with E-state index in [1.54, 1.807) is 18.3 Å². The lowest BCUT2D eigenvalue weighted by Crippen LogP contribution is -2.14. The molecule has 0 spiro atoms. The number of pyridine rings is 2. The van der Waals surface area contributed by atoms with Crippen molar-refractivity contribution < 1.29 is 18.3 Å². The number of nitrogens with one attached hydrogen (secondary N) is 2. The molecule has 2 heterocycles. The minimum absolute atomic E-state index is 0.00585. The van der Waals surface area contributed by atoms with Crippen molar-refractivity contribution >= 4 is 23.9 Å². The highest BCUT2D eigenvalue weighted by atomic mass is 32.1. The summed E-state index contributed by atoms with van der Waals surface area (Å²) in [6, 6.07) is 7.68. The van der Waals surface area contributed by atoms with Crippen molar-refractivity contribution in [1.29, 1.82) is 0 Å². The van der Waals surface area contributed by atoms with E-state index in [-0.39, 0.29) is 17.3 Å². The fraction of sp³-hybridized carbons (Fsp3) is 0.154. The molecule has 2 aromatic heterocycles. The second-order valence-corrected chi connectivity index (χ2v) is 4.34. The molecule has 1 amide bonds. The van der Waals surface area contributed by atoms with Gasteiger partial charge in [0.25, 0.3) is 12.3 Å². The van der Waals surface area contributed by atoms with Gasteiger partial charge in [-0.05, 0) is 18.2 Å². The lowest BCUT2D eigenvalue weighted by Gasteiger charge is -2.07. The number of anilines is 1. The topological polar surface area (TPSA) is 67.0 Å². The van der Waals surface area contributed by atoms with Crippen molar-refractivity contribution in [3.63, 3.8) is 0 Å². The maximum Gasteiger partial charge on any atom is 0.272 e. The number of halogens is 2. The molecule has 8 heteroatoms. The first kappa shape index (κ1) is 15.0. The summed E-state index contributed by atoms with van der Waals surface area (Å²) < 4.78 is 29.2. The Morgan fingerprint density at radius 1 is 1.38 bits per heavy atom. The first-order valence-corrected chi connectivity index (χ1v) is 6.34. The van der Waals surface area contributed by atoms with Gasteiger partial charge in [-0.25, -0.2) is 8.78 Å². The third-order valence-corrected chi connectivity index (χ3v) is 2.72. The molecule has 0 saturated heterocycles. The SMILES string of the molecule is O=C(Nc1cccc(OCC(F)F)n1)c1ccc[nH]c1=S. The van der Waals surface area contributed by atoms with Crippen molar-refractivity contribution in [1.82, 2.24) is 9.97 Å². The Balaban J connectivity index is 2.09. The van der Waals surface area contributed by atoms with E-state index in [1.807, 2.05) is 0 Å². The molecule has 0 aliphatic rings. The first-order chi connectivity index (χ1) is 10.1. The number of carbonyl (C=O) groups excluding carboxylic acids is 1. The second-order valence-electron chi connectivity index (χ2n) is 3.93. The molecule has 0 radical (unpaired) electrons. The molecule has 0 aliphatic carbocycles. The minimum atomic E-state index is -2.59. The summed E-state index contributed by atoms with van der Waals surface area (Å²) in [5.41, 5.74) is 0.285. The van der Waals surface area contributed by atoms with E-state index in [1.165, 1.54) is 18.2 Å². The number of amides is 1. The Kier molecular flexibility index (Phi) is 4.94. The lowest BCUT2D eigenvalue weighted by molar-refractivity contribution is 0.0796. The Hall–Kier alpha value is -2.35. The van der Waals surface area contributed by atoms with Gasteiger partial charge in [-0.1, -0.05) is 18.3 Å². The maximum atomic E-state index is 12.1. The van der Waals surface area contributed by atoms with Crippen LogP contribution in [-0.4, -0.2) is 28.9 Å². The fourth-order valence-electron chi connectivity index (χ4n) is 1.50. The number of H-pyrrole nitrogens is 1. The van der Waals surface area contributed by atoms with Crippen LogP contribution in [0.4, 0.5) is 14.6 Å². The van der Waals surface area contributed by atoms with Crippen LogP contribution in [0.5, 0.6) is 5.88 Å². The quantitative estimate of drug-likeness (QED) is 0.833. The number of hydrogen-bond acceptors (Lipinski definition) is 4. The van der Waals surface area contributed by atoms with Crippen LogP contribution in [0.1, 0.15) is 10.4 Å². The third kappa shape index (κ3) is 4.32. The molecule has 0 aliphatic heterocycles. The summed E-state index contributed by atoms with van der Waals surface area (Å²) in [7, 11) is 0. The summed E-state index contributed by atoms with van der Waals surface area (Å²) in [5.74, 6) is -0.258. The maximum absolute atomic E-state index is 12.1. The molecule has 2 aromatic rings. The normalized spacial score (nSPS) is 10.4. The first-order valence-electron chi connectivity index (χ1n) is 5.93. The van der Waals surface area contributed by atoms with E-state index in [0.29, 0.717) is 4.64 Å². The molecule has 110 valence electrons.